The fourth-order valence-corrected chi connectivity index (χ4v) is 2.48. The second-order valence-electron chi connectivity index (χ2n) is 5.25. The van der Waals surface area contributed by atoms with Crippen molar-refractivity contribution in [3.63, 3.8) is 0 Å². The third-order valence-corrected chi connectivity index (χ3v) is 3.69. The van der Waals surface area contributed by atoms with Crippen LogP contribution in [0.4, 0.5) is 13.2 Å². The lowest BCUT2D eigenvalue weighted by molar-refractivity contribution is -0.142. The number of carboxylic acid groups (broad SMARTS) is 1. The number of hydrogen-bond acceptors (Lipinski definition) is 3. The maximum atomic E-state index is 12.9. The maximum absolute atomic E-state index is 12.9. The summed E-state index contributed by atoms with van der Waals surface area (Å²) >= 11 is 0. The molecule has 0 spiro atoms. The number of aromatic carboxylic acids is 1. The molecule has 0 aromatic carbocycles. The highest BCUT2D eigenvalue weighted by atomic mass is 19.4. The monoisotopic (exact) mass is 288 g/mol. The smallest absolute Gasteiger partial charge is 0.434 e. The van der Waals surface area contributed by atoms with E-state index in [1.807, 2.05) is 0 Å². The van der Waals surface area contributed by atoms with E-state index in [1.165, 1.54) is 0 Å². The minimum atomic E-state index is -4.78. The Morgan fingerprint density at radius 1 is 1.30 bits per heavy atom. The van der Waals surface area contributed by atoms with Crippen molar-refractivity contribution in [2.24, 2.45) is 5.92 Å². The summed E-state index contributed by atoms with van der Waals surface area (Å²) in [6, 6.07) is 0. The third-order valence-electron chi connectivity index (χ3n) is 3.69. The molecular formula is C13H15F3N2O2. The summed E-state index contributed by atoms with van der Waals surface area (Å²) in [5.74, 6) is -1.11. The van der Waals surface area contributed by atoms with E-state index in [2.05, 4.69) is 16.9 Å². The third kappa shape index (κ3) is 3.08. The summed E-state index contributed by atoms with van der Waals surface area (Å²) in [6.45, 7) is 2.10. The van der Waals surface area contributed by atoms with E-state index in [9.17, 15) is 18.0 Å². The van der Waals surface area contributed by atoms with Crippen molar-refractivity contribution in [3.8, 4) is 0 Å². The molecule has 2 rings (SSSR count). The van der Waals surface area contributed by atoms with Crippen LogP contribution in [-0.4, -0.2) is 21.0 Å². The average Bonchev–Trinajstić information content (AvgIpc) is 2.38. The van der Waals surface area contributed by atoms with E-state index in [0.717, 1.165) is 31.9 Å². The SMILES string of the molecule is CC1CCC(c2ncc(C(=O)O)c(C(F)(F)F)n2)CC1. The van der Waals surface area contributed by atoms with Crippen LogP contribution in [0.15, 0.2) is 6.20 Å². The molecule has 1 aliphatic rings. The Hall–Kier alpha value is -1.66. The number of halogens is 3. The van der Waals surface area contributed by atoms with Gasteiger partial charge in [0.15, 0.2) is 5.69 Å². The number of aromatic nitrogens is 2. The van der Waals surface area contributed by atoms with Crippen LogP contribution in [0, 0.1) is 5.92 Å². The number of nitrogens with zero attached hydrogens (tertiary/aromatic N) is 2. The molecule has 20 heavy (non-hydrogen) atoms. The zero-order valence-corrected chi connectivity index (χ0v) is 10.9. The first-order chi connectivity index (χ1) is 9.29. The molecule has 0 saturated heterocycles. The molecule has 1 heterocycles. The Bertz CT molecular complexity index is 509. The number of alkyl halides is 3. The first kappa shape index (κ1) is 14.7. The van der Waals surface area contributed by atoms with Gasteiger partial charge in [0.2, 0.25) is 0 Å². The lowest BCUT2D eigenvalue weighted by Crippen LogP contribution is -2.20. The van der Waals surface area contributed by atoms with Crippen molar-refractivity contribution < 1.29 is 23.1 Å². The predicted octanol–water partition coefficient (Wildman–Crippen LogP) is 3.49. The van der Waals surface area contributed by atoms with Crippen LogP contribution < -0.4 is 0 Å². The largest absolute Gasteiger partial charge is 0.478 e. The van der Waals surface area contributed by atoms with Crippen molar-refractivity contribution in [2.45, 2.75) is 44.7 Å². The molecule has 0 radical (unpaired) electrons. The molecule has 1 saturated carbocycles. The first-order valence-corrected chi connectivity index (χ1v) is 6.46. The molecule has 7 heteroatoms. The number of rotatable bonds is 2. The lowest BCUT2D eigenvalue weighted by atomic mass is 9.82. The van der Waals surface area contributed by atoms with Crippen LogP contribution >= 0.6 is 0 Å². The summed E-state index contributed by atoms with van der Waals surface area (Å²) in [5, 5.41) is 8.78. The Balaban J connectivity index is 2.35. The maximum Gasteiger partial charge on any atom is 0.434 e. The van der Waals surface area contributed by atoms with Gasteiger partial charge in [-0.3, -0.25) is 0 Å². The van der Waals surface area contributed by atoms with Gasteiger partial charge >= 0.3 is 12.1 Å². The molecule has 1 N–H and O–H groups in total. The molecule has 1 fully saturated rings. The highest BCUT2D eigenvalue weighted by Crippen LogP contribution is 2.36. The van der Waals surface area contributed by atoms with Crippen molar-refractivity contribution in [1.29, 1.82) is 0 Å². The van der Waals surface area contributed by atoms with Gasteiger partial charge in [-0.25, -0.2) is 14.8 Å². The summed E-state index contributed by atoms with van der Waals surface area (Å²) in [5.41, 5.74) is -2.25. The highest BCUT2D eigenvalue weighted by molar-refractivity contribution is 5.88. The summed E-state index contributed by atoms with van der Waals surface area (Å²) in [4.78, 5) is 18.1. The zero-order valence-electron chi connectivity index (χ0n) is 10.9. The standard InChI is InChI=1S/C13H15F3N2O2/c1-7-2-4-8(5-3-7)11-17-6-9(12(19)20)10(18-11)13(14,15)16/h6-8H,2-5H2,1H3,(H,19,20). The van der Waals surface area contributed by atoms with Gasteiger partial charge in [0, 0.05) is 12.1 Å². The van der Waals surface area contributed by atoms with Crippen molar-refractivity contribution in [1.82, 2.24) is 9.97 Å². The zero-order chi connectivity index (χ0) is 14.9. The Morgan fingerprint density at radius 2 is 1.90 bits per heavy atom. The molecular weight excluding hydrogens is 273 g/mol. The molecule has 0 unspecified atom stereocenters. The summed E-state index contributed by atoms with van der Waals surface area (Å²) < 4.78 is 38.6. The van der Waals surface area contributed by atoms with Gasteiger partial charge < -0.3 is 5.11 Å². The van der Waals surface area contributed by atoms with Crippen LogP contribution in [0.1, 0.15) is 60.4 Å². The van der Waals surface area contributed by atoms with Crippen molar-refractivity contribution in [3.05, 3.63) is 23.3 Å². The van der Waals surface area contributed by atoms with Gasteiger partial charge in [-0.05, 0) is 18.8 Å². The number of carbonyl (C=O) groups is 1. The molecule has 1 aromatic rings. The Morgan fingerprint density at radius 3 is 2.40 bits per heavy atom. The molecule has 0 atom stereocenters. The second kappa shape index (κ2) is 5.38. The van der Waals surface area contributed by atoms with Crippen LogP contribution in [0.3, 0.4) is 0 Å². The minimum absolute atomic E-state index is 0.106. The van der Waals surface area contributed by atoms with E-state index in [-0.39, 0.29) is 11.7 Å². The molecule has 0 bridgehead atoms. The highest BCUT2D eigenvalue weighted by Gasteiger charge is 2.38. The Labute approximate surface area is 114 Å². The molecule has 0 aliphatic heterocycles. The van der Waals surface area contributed by atoms with Gasteiger partial charge in [0.1, 0.15) is 11.4 Å². The topological polar surface area (TPSA) is 63.1 Å². The van der Waals surface area contributed by atoms with Crippen LogP contribution in [-0.2, 0) is 6.18 Å². The minimum Gasteiger partial charge on any atom is -0.478 e. The van der Waals surface area contributed by atoms with Gasteiger partial charge in [0.25, 0.3) is 0 Å². The number of hydrogen-bond donors (Lipinski definition) is 1. The fraction of sp³-hybridized carbons (Fsp3) is 0.615. The fourth-order valence-electron chi connectivity index (χ4n) is 2.48. The summed E-state index contributed by atoms with van der Waals surface area (Å²) in [6.07, 6.45) is -0.680. The lowest BCUT2D eigenvalue weighted by Gasteiger charge is -2.25. The predicted molar refractivity (Wildman–Crippen MR) is 64.4 cm³/mol. The quantitative estimate of drug-likeness (QED) is 0.904. The molecule has 1 aliphatic carbocycles. The molecule has 110 valence electrons. The van der Waals surface area contributed by atoms with Gasteiger partial charge in [-0.1, -0.05) is 19.8 Å². The normalized spacial score (nSPS) is 23.6. The molecule has 1 aromatic heterocycles. The van der Waals surface area contributed by atoms with Crippen LogP contribution in [0.2, 0.25) is 0 Å². The van der Waals surface area contributed by atoms with Crippen LogP contribution in [0.25, 0.3) is 0 Å². The van der Waals surface area contributed by atoms with Gasteiger partial charge in [-0.15, -0.1) is 0 Å². The van der Waals surface area contributed by atoms with E-state index in [4.69, 9.17) is 5.11 Å². The van der Waals surface area contributed by atoms with E-state index < -0.39 is 23.4 Å². The molecule has 4 nitrogen and oxygen atoms in total. The summed E-state index contributed by atoms with van der Waals surface area (Å²) in [7, 11) is 0. The van der Waals surface area contributed by atoms with Crippen molar-refractivity contribution >= 4 is 5.97 Å². The van der Waals surface area contributed by atoms with Gasteiger partial charge in [0.05, 0.1) is 0 Å². The Kier molecular flexibility index (Phi) is 3.96. The van der Waals surface area contributed by atoms with E-state index in [0.29, 0.717) is 5.92 Å². The van der Waals surface area contributed by atoms with Crippen molar-refractivity contribution in [2.75, 3.05) is 0 Å². The van der Waals surface area contributed by atoms with Gasteiger partial charge in [-0.2, -0.15) is 13.2 Å². The van der Waals surface area contributed by atoms with Crippen LogP contribution in [0.5, 0.6) is 0 Å². The second-order valence-corrected chi connectivity index (χ2v) is 5.25. The molecule has 0 amide bonds. The average molecular weight is 288 g/mol. The number of carboxylic acids is 1. The first-order valence-electron chi connectivity index (χ1n) is 6.46. The van der Waals surface area contributed by atoms with E-state index >= 15 is 0 Å². The van der Waals surface area contributed by atoms with E-state index in [1.54, 1.807) is 0 Å².